The van der Waals surface area contributed by atoms with E-state index in [4.69, 9.17) is 9.47 Å². The molecule has 1 saturated carbocycles. The molecule has 5 heteroatoms. The zero-order valence-corrected chi connectivity index (χ0v) is 7.93. The molecule has 4 unspecified atom stereocenters. The topological polar surface area (TPSA) is 67.9 Å². The van der Waals surface area contributed by atoms with Crippen LogP contribution >= 0.6 is 0 Å². The van der Waals surface area contributed by atoms with Crippen molar-refractivity contribution >= 4 is 12.4 Å². The third kappa shape index (κ3) is 1.72. The van der Waals surface area contributed by atoms with Crippen molar-refractivity contribution in [1.82, 2.24) is 5.32 Å². The highest BCUT2D eigenvalue weighted by atomic mass is 16.6. The SMILES string of the molecule is CC(=O)NC1CCC(OC=O)C2OC12. The van der Waals surface area contributed by atoms with Gasteiger partial charge < -0.3 is 14.8 Å². The molecule has 0 radical (unpaired) electrons. The molecule has 2 fully saturated rings. The number of hydrogen-bond acceptors (Lipinski definition) is 4. The molecular formula is C9H13NO4. The van der Waals surface area contributed by atoms with E-state index in [0.29, 0.717) is 6.47 Å². The molecule has 0 aromatic rings. The van der Waals surface area contributed by atoms with Crippen LogP contribution in [0.25, 0.3) is 0 Å². The third-order valence-corrected chi connectivity index (χ3v) is 2.71. The lowest BCUT2D eigenvalue weighted by atomic mass is 9.93. The molecule has 14 heavy (non-hydrogen) atoms. The van der Waals surface area contributed by atoms with E-state index in [0.717, 1.165) is 12.8 Å². The Morgan fingerprint density at radius 3 is 2.93 bits per heavy atom. The van der Waals surface area contributed by atoms with Crippen LogP contribution in [-0.4, -0.2) is 36.7 Å². The fourth-order valence-corrected chi connectivity index (χ4v) is 2.06. The zero-order chi connectivity index (χ0) is 10.1. The normalized spacial score (nSPS) is 39.5. The molecule has 1 N–H and O–H groups in total. The first-order chi connectivity index (χ1) is 6.72. The van der Waals surface area contributed by atoms with Crippen molar-refractivity contribution in [2.75, 3.05) is 0 Å². The second-order valence-electron chi connectivity index (χ2n) is 3.72. The second kappa shape index (κ2) is 3.57. The molecule has 78 valence electrons. The zero-order valence-electron chi connectivity index (χ0n) is 7.93. The van der Waals surface area contributed by atoms with E-state index in [1.54, 1.807) is 0 Å². The summed E-state index contributed by atoms with van der Waals surface area (Å²) in [5, 5.41) is 2.83. The number of hydrogen-bond donors (Lipinski definition) is 1. The van der Waals surface area contributed by atoms with Crippen LogP contribution in [0, 0.1) is 0 Å². The van der Waals surface area contributed by atoms with Gasteiger partial charge in [-0.2, -0.15) is 0 Å². The molecule has 0 bridgehead atoms. The predicted octanol–water partition coefficient (Wildman–Crippen LogP) is -0.406. The van der Waals surface area contributed by atoms with Crippen LogP contribution in [0.5, 0.6) is 0 Å². The Balaban J connectivity index is 1.87. The first-order valence-corrected chi connectivity index (χ1v) is 4.74. The van der Waals surface area contributed by atoms with E-state index < -0.39 is 0 Å². The number of fused-ring (bicyclic) bond motifs is 1. The van der Waals surface area contributed by atoms with Crippen LogP contribution in [0.3, 0.4) is 0 Å². The number of ether oxygens (including phenoxy) is 2. The van der Waals surface area contributed by atoms with E-state index in [9.17, 15) is 9.59 Å². The van der Waals surface area contributed by atoms with Crippen LogP contribution in [0.1, 0.15) is 19.8 Å². The van der Waals surface area contributed by atoms with Crippen LogP contribution in [-0.2, 0) is 19.1 Å². The minimum Gasteiger partial charge on any atom is -0.462 e. The largest absolute Gasteiger partial charge is 0.462 e. The summed E-state index contributed by atoms with van der Waals surface area (Å²) in [5.74, 6) is -0.0426. The molecular weight excluding hydrogens is 186 g/mol. The van der Waals surface area contributed by atoms with Crippen LogP contribution in [0.2, 0.25) is 0 Å². The average Bonchev–Trinajstić information content (AvgIpc) is 2.88. The monoisotopic (exact) mass is 199 g/mol. The summed E-state index contributed by atoms with van der Waals surface area (Å²) in [6.45, 7) is 1.95. The predicted molar refractivity (Wildman–Crippen MR) is 46.4 cm³/mol. The smallest absolute Gasteiger partial charge is 0.293 e. The molecule has 2 aliphatic rings. The molecule has 1 aliphatic carbocycles. The number of carbonyl (C=O) groups is 2. The fraction of sp³-hybridized carbons (Fsp3) is 0.778. The van der Waals surface area contributed by atoms with Gasteiger partial charge in [0.2, 0.25) is 5.91 Å². The molecule has 1 heterocycles. The van der Waals surface area contributed by atoms with Gasteiger partial charge in [0.05, 0.1) is 6.04 Å². The number of nitrogens with one attached hydrogen (secondary N) is 1. The van der Waals surface area contributed by atoms with Crippen molar-refractivity contribution in [2.24, 2.45) is 0 Å². The van der Waals surface area contributed by atoms with Crippen molar-refractivity contribution in [3.63, 3.8) is 0 Å². The van der Waals surface area contributed by atoms with Gasteiger partial charge in [0, 0.05) is 6.92 Å². The quantitative estimate of drug-likeness (QED) is 0.496. The Bertz CT molecular complexity index is 255. The molecule has 2 rings (SSSR count). The van der Waals surface area contributed by atoms with E-state index in [1.807, 2.05) is 0 Å². The summed E-state index contributed by atoms with van der Waals surface area (Å²) >= 11 is 0. The summed E-state index contributed by atoms with van der Waals surface area (Å²) in [6, 6.07) is 0.0870. The molecule has 0 aromatic heterocycles. The number of rotatable bonds is 3. The van der Waals surface area contributed by atoms with Crippen LogP contribution < -0.4 is 5.32 Å². The first kappa shape index (κ1) is 9.45. The van der Waals surface area contributed by atoms with E-state index in [2.05, 4.69) is 5.32 Å². The molecule has 4 atom stereocenters. The van der Waals surface area contributed by atoms with Gasteiger partial charge in [-0.15, -0.1) is 0 Å². The summed E-state index contributed by atoms with van der Waals surface area (Å²) in [4.78, 5) is 21.0. The summed E-state index contributed by atoms with van der Waals surface area (Å²) in [6.07, 6.45) is 1.47. The molecule has 1 aliphatic heterocycles. The Labute approximate surface area is 81.7 Å². The van der Waals surface area contributed by atoms with E-state index in [-0.39, 0.29) is 30.3 Å². The minimum atomic E-state index is -0.123. The van der Waals surface area contributed by atoms with Gasteiger partial charge in [-0.3, -0.25) is 9.59 Å². The maximum absolute atomic E-state index is 10.8. The average molecular weight is 199 g/mol. The summed E-state index contributed by atoms with van der Waals surface area (Å²) in [7, 11) is 0. The highest BCUT2D eigenvalue weighted by Gasteiger charge is 2.54. The van der Waals surface area contributed by atoms with Crippen molar-refractivity contribution in [3.8, 4) is 0 Å². The summed E-state index contributed by atoms with van der Waals surface area (Å²) in [5.41, 5.74) is 0. The molecule has 1 amide bonds. The molecule has 0 aromatic carbocycles. The van der Waals surface area contributed by atoms with Crippen molar-refractivity contribution in [1.29, 1.82) is 0 Å². The van der Waals surface area contributed by atoms with Crippen molar-refractivity contribution < 1.29 is 19.1 Å². The van der Waals surface area contributed by atoms with Gasteiger partial charge >= 0.3 is 0 Å². The number of amides is 1. The Morgan fingerprint density at radius 2 is 2.29 bits per heavy atom. The van der Waals surface area contributed by atoms with E-state index >= 15 is 0 Å². The molecule has 1 saturated heterocycles. The Hall–Kier alpha value is -1.10. The lowest BCUT2D eigenvalue weighted by Crippen LogP contribution is -2.43. The van der Waals surface area contributed by atoms with Crippen LogP contribution in [0.15, 0.2) is 0 Å². The number of epoxide rings is 1. The lowest BCUT2D eigenvalue weighted by Gasteiger charge is -2.23. The standard InChI is InChI=1S/C9H13NO4/c1-5(12)10-6-2-3-7(13-4-11)9-8(6)14-9/h4,6-9H,2-3H2,1H3,(H,10,12). The Morgan fingerprint density at radius 1 is 1.50 bits per heavy atom. The van der Waals surface area contributed by atoms with Gasteiger partial charge in [-0.1, -0.05) is 0 Å². The van der Waals surface area contributed by atoms with Gasteiger partial charge in [0.1, 0.15) is 18.3 Å². The summed E-state index contributed by atoms with van der Waals surface area (Å²) < 4.78 is 10.2. The van der Waals surface area contributed by atoms with Crippen LogP contribution in [0.4, 0.5) is 0 Å². The van der Waals surface area contributed by atoms with Gasteiger partial charge in [0.15, 0.2) is 0 Å². The minimum absolute atomic E-state index is 0.00852. The maximum atomic E-state index is 10.8. The number of carbonyl (C=O) groups excluding carboxylic acids is 2. The van der Waals surface area contributed by atoms with Gasteiger partial charge in [-0.05, 0) is 12.8 Å². The Kier molecular flexibility index (Phi) is 2.41. The highest BCUT2D eigenvalue weighted by molar-refractivity contribution is 5.73. The first-order valence-electron chi connectivity index (χ1n) is 4.74. The van der Waals surface area contributed by atoms with Crippen molar-refractivity contribution in [2.45, 2.75) is 44.1 Å². The van der Waals surface area contributed by atoms with Crippen molar-refractivity contribution in [3.05, 3.63) is 0 Å². The maximum Gasteiger partial charge on any atom is 0.293 e. The van der Waals surface area contributed by atoms with Gasteiger partial charge in [0.25, 0.3) is 6.47 Å². The van der Waals surface area contributed by atoms with E-state index in [1.165, 1.54) is 6.92 Å². The second-order valence-corrected chi connectivity index (χ2v) is 3.72. The fourth-order valence-electron chi connectivity index (χ4n) is 2.06. The lowest BCUT2D eigenvalue weighted by molar-refractivity contribution is -0.135. The highest BCUT2D eigenvalue weighted by Crippen LogP contribution is 2.38. The molecule has 5 nitrogen and oxygen atoms in total. The third-order valence-electron chi connectivity index (χ3n) is 2.71. The van der Waals surface area contributed by atoms with Gasteiger partial charge in [-0.25, -0.2) is 0 Å². The molecule has 0 spiro atoms.